The van der Waals surface area contributed by atoms with Gasteiger partial charge in [-0.05, 0) is 42.8 Å². The van der Waals surface area contributed by atoms with Gasteiger partial charge in [0.15, 0.2) is 5.69 Å². The van der Waals surface area contributed by atoms with Crippen molar-refractivity contribution in [2.24, 2.45) is 0 Å². The number of rotatable bonds is 4. The lowest BCUT2D eigenvalue weighted by molar-refractivity contribution is -0.138. The summed E-state index contributed by atoms with van der Waals surface area (Å²) in [6.07, 6.45) is -2.01. The highest BCUT2D eigenvalue weighted by Crippen LogP contribution is 2.36. The Bertz CT molecular complexity index is 1220. The van der Waals surface area contributed by atoms with Gasteiger partial charge in [-0.25, -0.2) is 4.98 Å². The van der Waals surface area contributed by atoms with Gasteiger partial charge in [0.25, 0.3) is 11.8 Å². The zero-order valence-electron chi connectivity index (χ0n) is 17.3. The number of carbonyl (C=O) groups is 2. The van der Waals surface area contributed by atoms with Gasteiger partial charge in [0.1, 0.15) is 5.82 Å². The molecule has 1 aromatic carbocycles. The Morgan fingerprint density at radius 3 is 2.67 bits per heavy atom. The third kappa shape index (κ3) is 4.12. The Morgan fingerprint density at radius 1 is 1.27 bits per heavy atom. The molecule has 3 aromatic rings. The number of aliphatic hydroxyl groups excluding tert-OH is 1. The molecule has 0 radical (unpaired) electrons. The first-order valence-corrected chi connectivity index (χ1v) is 9.83. The summed E-state index contributed by atoms with van der Waals surface area (Å²) in [7, 11) is 0. The molecule has 0 bridgehead atoms. The summed E-state index contributed by atoms with van der Waals surface area (Å²) in [4.78, 5) is 31.0. The molecule has 1 aliphatic rings. The topological polar surface area (TPSA) is 126 Å². The quantitative estimate of drug-likeness (QED) is 0.550. The van der Waals surface area contributed by atoms with Crippen molar-refractivity contribution >= 4 is 29.0 Å². The number of benzene rings is 1. The molecule has 33 heavy (non-hydrogen) atoms. The van der Waals surface area contributed by atoms with Gasteiger partial charge in [-0.2, -0.15) is 18.3 Å². The van der Waals surface area contributed by atoms with Crippen LogP contribution >= 0.6 is 0 Å². The maximum absolute atomic E-state index is 13.3. The fourth-order valence-electron chi connectivity index (χ4n) is 3.67. The van der Waals surface area contributed by atoms with Gasteiger partial charge in [-0.15, -0.1) is 0 Å². The molecule has 0 saturated heterocycles. The third-order valence-electron chi connectivity index (χ3n) is 5.28. The number of alkyl halides is 3. The largest absolute Gasteiger partial charge is 0.416 e. The second kappa shape index (κ2) is 8.20. The van der Waals surface area contributed by atoms with Crippen LogP contribution in [0.4, 0.5) is 30.4 Å². The molecule has 1 aliphatic heterocycles. The molecule has 0 aliphatic carbocycles. The van der Waals surface area contributed by atoms with Crippen LogP contribution in [0, 0.1) is 0 Å². The second-order valence-electron chi connectivity index (χ2n) is 7.54. The number of nitrogens with one attached hydrogen (secondary N) is 1. The number of nitrogens with two attached hydrogens (primary N) is 1. The Balaban J connectivity index is 1.66. The summed E-state index contributed by atoms with van der Waals surface area (Å²) in [6, 6.07) is 5.75. The van der Waals surface area contributed by atoms with Crippen LogP contribution in [0.3, 0.4) is 0 Å². The summed E-state index contributed by atoms with van der Waals surface area (Å²) in [5.41, 5.74) is 4.84. The molecule has 2 amide bonds. The number of nitrogen functional groups attached to an aromatic ring is 1. The number of aromatic nitrogens is 3. The van der Waals surface area contributed by atoms with Crippen LogP contribution in [0.25, 0.3) is 0 Å². The molecule has 0 unspecified atom stereocenters. The van der Waals surface area contributed by atoms with Crippen LogP contribution in [0.15, 0.2) is 42.7 Å². The number of fused-ring (bicyclic) bond motifs is 1. The maximum Gasteiger partial charge on any atom is 0.416 e. The second-order valence-corrected chi connectivity index (χ2v) is 7.54. The molecular weight excluding hydrogens is 441 g/mol. The van der Waals surface area contributed by atoms with Gasteiger partial charge in [0, 0.05) is 18.4 Å². The summed E-state index contributed by atoms with van der Waals surface area (Å²) in [6.45, 7) is 1.08. The molecule has 12 heteroatoms. The Labute approximate surface area is 185 Å². The van der Waals surface area contributed by atoms with Crippen LogP contribution in [0.2, 0.25) is 0 Å². The normalized spacial score (nSPS) is 16.0. The number of hydrogen-bond donors (Lipinski definition) is 3. The smallest absolute Gasteiger partial charge is 0.392 e. The number of carbonyl (C=O) groups excluding carboxylic acids is 2. The number of anilines is 3. The molecule has 1 atom stereocenters. The molecular formula is C21H19F3N6O3. The van der Waals surface area contributed by atoms with Crippen LogP contribution in [-0.4, -0.2) is 38.2 Å². The van der Waals surface area contributed by atoms with E-state index in [1.807, 2.05) is 0 Å². The average Bonchev–Trinajstić information content (AvgIpc) is 3.20. The first kappa shape index (κ1) is 22.3. The van der Waals surface area contributed by atoms with E-state index in [4.69, 9.17) is 5.73 Å². The highest BCUT2D eigenvalue weighted by molar-refractivity contribution is 6.13. The minimum atomic E-state index is -4.64. The van der Waals surface area contributed by atoms with Gasteiger partial charge >= 0.3 is 6.18 Å². The molecule has 4 rings (SSSR count). The number of aliphatic hydroxyl groups is 1. The first-order chi connectivity index (χ1) is 15.6. The summed E-state index contributed by atoms with van der Waals surface area (Å²) < 4.78 is 41.0. The summed E-state index contributed by atoms with van der Waals surface area (Å²) >= 11 is 0. The van der Waals surface area contributed by atoms with Crippen molar-refractivity contribution in [3.05, 3.63) is 65.1 Å². The minimum Gasteiger partial charge on any atom is -0.392 e. The van der Waals surface area contributed by atoms with Crippen molar-refractivity contribution in [3.63, 3.8) is 0 Å². The third-order valence-corrected chi connectivity index (χ3v) is 5.28. The highest BCUT2D eigenvalue weighted by Gasteiger charge is 2.36. The van der Waals surface area contributed by atoms with E-state index in [1.165, 1.54) is 40.2 Å². The number of hydrogen-bond acceptors (Lipinski definition) is 6. The number of pyridine rings is 1. The lowest BCUT2D eigenvalue weighted by Gasteiger charge is -2.32. The van der Waals surface area contributed by atoms with Crippen LogP contribution in [0.5, 0.6) is 0 Å². The van der Waals surface area contributed by atoms with Gasteiger partial charge in [-0.3, -0.25) is 14.3 Å². The fourth-order valence-corrected chi connectivity index (χ4v) is 3.67. The van der Waals surface area contributed by atoms with E-state index in [2.05, 4.69) is 15.4 Å². The summed E-state index contributed by atoms with van der Waals surface area (Å²) in [5.74, 6) is -0.846. The molecule has 0 saturated carbocycles. The van der Waals surface area contributed by atoms with E-state index in [1.54, 1.807) is 6.92 Å². The zero-order valence-corrected chi connectivity index (χ0v) is 17.3. The average molecular weight is 460 g/mol. The molecule has 3 heterocycles. The Morgan fingerprint density at radius 2 is 2.03 bits per heavy atom. The van der Waals surface area contributed by atoms with Crippen LogP contribution in [-0.2, 0) is 12.8 Å². The Kier molecular flexibility index (Phi) is 5.54. The lowest BCUT2D eigenvalue weighted by Crippen LogP contribution is -2.43. The number of amides is 2. The van der Waals surface area contributed by atoms with E-state index in [9.17, 15) is 27.9 Å². The minimum absolute atomic E-state index is 0.0796. The van der Waals surface area contributed by atoms with Crippen molar-refractivity contribution in [1.82, 2.24) is 14.8 Å². The van der Waals surface area contributed by atoms with E-state index in [-0.39, 0.29) is 46.6 Å². The molecule has 0 fully saturated rings. The molecule has 9 nitrogen and oxygen atoms in total. The van der Waals surface area contributed by atoms with Crippen LogP contribution in [0.1, 0.15) is 44.9 Å². The van der Waals surface area contributed by atoms with Crippen molar-refractivity contribution in [2.45, 2.75) is 25.7 Å². The standard InChI is InChI=1S/C21H19F3N6O3/c1-11-9-29(14-3-4-15(21(22,23)24)13(6-14)10-31)20(33)18-16(8-27-30(11)18)28-19(32)12-2-5-17(25)26-7-12/h2-8,11,31H,9-10H2,1H3,(H2,25,26)(H,28,32)/t11-/m0/s1. The van der Waals surface area contributed by atoms with Crippen molar-refractivity contribution in [3.8, 4) is 0 Å². The molecule has 0 spiro atoms. The zero-order chi connectivity index (χ0) is 23.9. The monoisotopic (exact) mass is 460 g/mol. The SMILES string of the molecule is C[C@H]1CN(c2ccc(C(F)(F)F)c(CO)c2)C(=O)c2c(NC(=O)c3ccc(N)nc3)cnn21. The first-order valence-electron chi connectivity index (χ1n) is 9.83. The van der Waals surface area contributed by atoms with E-state index >= 15 is 0 Å². The van der Waals surface area contributed by atoms with E-state index < -0.39 is 30.2 Å². The number of nitrogens with zero attached hydrogens (tertiary/aromatic N) is 4. The van der Waals surface area contributed by atoms with Crippen molar-refractivity contribution < 1.29 is 27.9 Å². The molecule has 2 aromatic heterocycles. The van der Waals surface area contributed by atoms with Gasteiger partial charge in [-0.1, -0.05) is 0 Å². The van der Waals surface area contributed by atoms with E-state index in [0.29, 0.717) is 0 Å². The van der Waals surface area contributed by atoms with Crippen LogP contribution < -0.4 is 16.0 Å². The van der Waals surface area contributed by atoms with Crippen molar-refractivity contribution in [1.29, 1.82) is 0 Å². The highest BCUT2D eigenvalue weighted by atomic mass is 19.4. The van der Waals surface area contributed by atoms with Gasteiger partial charge in [0.05, 0.1) is 35.7 Å². The van der Waals surface area contributed by atoms with Gasteiger partial charge in [0.2, 0.25) is 0 Å². The maximum atomic E-state index is 13.3. The Hall–Kier alpha value is -3.93. The van der Waals surface area contributed by atoms with E-state index in [0.717, 1.165) is 12.1 Å². The molecule has 4 N–H and O–H groups in total. The van der Waals surface area contributed by atoms with Gasteiger partial charge < -0.3 is 21.1 Å². The fraction of sp³-hybridized carbons (Fsp3) is 0.238. The number of halogens is 3. The lowest BCUT2D eigenvalue weighted by atomic mass is 10.0. The van der Waals surface area contributed by atoms with Crippen molar-refractivity contribution in [2.75, 3.05) is 22.5 Å². The predicted molar refractivity (Wildman–Crippen MR) is 113 cm³/mol. The predicted octanol–water partition coefficient (Wildman–Crippen LogP) is 2.85. The summed E-state index contributed by atoms with van der Waals surface area (Å²) in [5, 5.41) is 16.2. The molecule has 172 valence electrons.